The molecular formula is C31H33ClN2O4. The van der Waals surface area contributed by atoms with Crippen LogP contribution in [-0.4, -0.2) is 37.5 Å². The van der Waals surface area contributed by atoms with Gasteiger partial charge in [0, 0.05) is 31.0 Å². The van der Waals surface area contributed by atoms with E-state index in [2.05, 4.69) is 20.8 Å². The number of benzene rings is 3. The van der Waals surface area contributed by atoms with Gasteiger partial charge in [-0.15, -0.1) is 0 Å². The number of nitrogens with zero attached hydrogens (tertiary/aromatic N) is 2. The zero-order valence-electron chi connectivity index (χ0n) is 22.6. The first kappa shape index (κ1) is 27.3. The molecule has 3 aromatic carbocycles. The standard InChI is InChI=1S/C31H33ClN2O4/c1-7-38-23-16-17-25(32)24(18-23)28(35)26-27(19-8-12-21(13-9-19)33(5)6)34(30(37)29(26)36)22-14-10-20(11-15-22)31(2,3)4/h8-18,27,35H,7H2,1-6H3/b28-26+. The molecule has 0 radical (unpaired) electrons. The molecule has 1 fully saturated rings. The molecule has 1 amide bonds. The fourth-order valence-electron chi connectivity index (χ4n) is 4.58. The van der Waals surface area contributed by atoms with Crippen LogP contribution in [0.2, 0.25) is 5.02 Å². The van der Waals surface area contributed by atoms with Crippen molar-refractivity contribution in [2.45, 2.75) is 39.2 Å². The summed E-state index contributed by atoms with van der Waals surface area (Å²) in [6.07, 6.45) is 0. The van der Waals surface area contributed by atoms with Crippen LogP contribution in [0.25, 0.3) is 5.76 Å². The number of amides is 1. The summed E-state index contributed by atoms with van der Waals surface area (Å²) < 4.78 is 5.58. The van der Waals surface area contributed by atoms with Crippen LogP contribution in [-0.2, 0) is 15.0 Å². The van der Waals surface area contributed by atoms with E-state index in [1.165, 1.54) is 4.90 Å². The molecule has 198 valence electrons. The molecule has 4 rings (SSSR count). The Bertz CT molecular complexity index is 1390. The molecule has 1 unspecified atom stereocenters. The molecule has 1 aliphatic rings. The number of aliphatic hydroxyl groups is 1. The fraction of sp³-hybridized carbons (Fsp3) is 0.290. The van der Waals surface area contributed by atoms with Crippen LogP contribution in [0, 0.1) is 0 Å². The van der Waals surface area contributed by atoms with Crippen molar-refractivity contribution in [3.05, 3.63) is 94.0 Å². The molecule has 0 aromatic heterocycles. The number of hydrogen-bond donors (Lipinski definition) is 1. The number of ketones is 1. The van der Waals surface area contributed by atoms with Crippen LogP contribution < -0.4 is 14.5 Å². The minimum atomic E-state index is -0.849. The molecule has 0 aliphatic carbocycles. The van der Waals surface area contributed by atoms with Crippen LogP contribution in [0.5, 0.6) is 5.75 Å². The Kier molecular flexibility index (Phi) is 7.56. The first-order chi connectivity index (χ1) is 17.9. The monoisotopic (exact) mass is 532 g/mol. The van der Waals surface area contributed by atoms with E-state index < -0.39 is 17.7 Å². The molecule has 0 saturated carbocycles. The van der Waals surface area contributed by atoms with Crippen molar-refractivity contribution in [2.75, 3.05) is 30.5 Å². The van der Waals surface area contributed by atoms with E-state index in [-0.39, 0.29) is 27.3 Å². The van der Waals surface area contributed by atoms with E-state index in [1.54, 1.807) is 18.2 Å². The van der Waals surface area contributed by atoms with Crippen LogP contribution in [0.15, 0.2) is 72.3 Å². The zero-order chi connectivity index (χ0) is 27.8. The molecule has 3 aromatic rings. The first-order valence-corrected chi connectivity index (χ1v) is 12.9. The number of hydrogen-bond acceptors (Lipinski definition) is 5. The predicted molar refractivity (Wildman–Crippen MR) is 153 cm³/mol. The minimum absolute atomic E-state index is 0.0250. The maximum absolute atomic E-state index is 13.5. The van der Waals surface area contributed by atoms with Gasteiger partial charge < -0.3 is 14.7 Å². The quantitative estimate of drug-likeness (QED) is 0.216. The molecule has 0 bridgehead atoms. The largest absolute Gasteiger partial charge is 0.507 e. The molecule has 38 heavy (non-hydrogen) atoms. The molecule has 1 N–H and O–H groups in total. The smallest absolute Gasteiger partial charge is 0.300 e. The summed E-state index contributed by atoms with van der Waals surface area (Å²) in [5.41, 5.74) is 3.45. The topological polar surface area (TPSA) is 70.1 Å². The van der Waals surface area contributed by atoms with E-state index in [0.29, 0.717) is 23.6 Å². The lowest BCUT2D eigenvalue weighted by molar-refractivity contribution is -0.132. The number of aliphatic hydroxyl groups excluding tert-OH is 1. The second-order valence-electron chi connectivity index (χ2n) is 10.5. The van der Waals surface area contributed by atoms with Gasteiger partial charge in [-0.3, -0.25) is 14.5 Å². The van der Waals surface area contributed by atoms with Gasteiger partial charge in [0.1, 0.15) is 11.5 Å². The van der Waals surface area contributed by atoms with Gasteiger partial charge in [-0.25, -0.2) is 0 Å². The Labute approximate surface area is 229 Å². The van der Waals surface area contributed by atoms with E-state index >= 15 is 0 Å². The summed E-state index contributed by atoms with van der Waals surface area (Å²) in [5.74, 6) is -1.33. The lowest BCUT2D eigenvalue weighted by atomic mass is 9.87. The number of anilines is 2. The summed E-state index contributed by atoms with van der Waals surface area (Å²) in [5, 5.41) is 11.7. The molecule has 6 nitrogen and oxygen atoms in total. The van der Waals surface area contributed by atoms with Gasteiger partial charge >= 0.3 is 0 Å². The Morgan fingerprint density at radius 2 is 1.63 bits per heavy atom. The Morgan fingerprint density at radius 1 is 1.00 bits per heavy atom. The summed E-state index contributed by atoms with van der Waals surface area (Å²) in [6, 6.07) is 19.2. The van der Waals surface area contributed by atoms with E-state index in [1.807, 2.05) is 74.4 Å². The van der Waals surface area contributed by atoms with Crippen LogP contribution in [0.3, 0.4) is 0 Å². The highest BCUT2D eigenvalue weighted by Crippen LogP contribution is 2.44. The number of ether oxygens (including phenoxy) is 1. The zero-order valence-corrected chi connectivity index (χ0v) is 23.3. The number of halogens is 1. The van der Waals surface area contributed by atoms with Gasteiger partial charge in [-0.1, -0.05) is 56.6 Å². The predicted octanol–water partition coefficient (Wildman–Crippen LogP) is 6.73. The summed E-state index contributed by atoms with van der Waals surface area (Å²) in [4.78, 5) is 30.4. The third kappa shape index (κ3) is 5.14. The molecule has 0 spiro atoms. The van der Waals surface area contributed by atoms with Crippen molar-refractivity contribution >= 4 is 40.4 Å². The highest BCUT2D eigenvalue weighted by atomic mass is 35.5. The molecule has 1 saturated heterocycles. The maximum Gasteiger partial charge on any atom is 0.300 e. The van der Waals surface area contributed by atoms with Crippen molar-refractivity contribution in [1.82, 2.24) is 0 Å². The fourth-order valence-corrected chi connectivity index (χ4v) is 4.79. The second-order valence-corrected chi connectivity index (χ2v) is 10.9. The molecule has 1 heterocycles. The Morgan fingerprint density at radius 3 is 2.18 bits per heavy atom. The van der Waals surface area contributed by atoms with Gasteiger partial charge in [-0.05, 0) is 65.9 Å². The van der Waals surface area contributed by atoms with E-state index in [4.69, 9.17) is 16.3 Å². The average molecular weight is 533 g/mol. The van der Waals surface area contributed by atoms with Crippen LogP contribution in [0.1, 0.15) is 50.4 Å². The molecular weight excluding hydrogens is 500 g/mol. The van der Waals surface area contributed by atoms with Crippen molar-refractivity contribution in [1.29, 1.82) is 0 Å². The van der Waals surface area contributed by atoms with Gasteiger partial charge in [0.2, 0.25) is 0 Å². The number of carbonyl (C=O) groups is 2. The van der Waals surface area contributed by atoms with Crippen molar-refractivity contribution in [3.8, 4) is 5.75 Å². The molecule has 1 atom stereocenters. The molecule has 7 heteroatoms. The van der Waals surface area contributed by atoms with E-state index in [9.17, 15) is 14.7 Å². The highest BCUT2D eigenvalue weighted by molar-refractivity contribution is 6.52. The second kappa shape index (κ2) is 10.5. The highest BCUT2D eigenvalue weighted by Gasteiger charge is 2.47. The van der Waals surface area contributed by atoms with Crippen LogP contribution in [0.4, 0.5) is 11.4 Å². The maximum atomic E-state index is 13.5. The van der Waals surface area contributed by atoms with Gasteiger partial charge in [0.05, 0.1) is 23.2 Å². The van der Waals surface area contributed by atoms with Crippen molar-refractivity contribution < 1.29 is 19.4 Å². The van der Waals surface area contributed by atoms with Crippen LogP contribution >= 0.6 is 11.6 Å². The van der Waals surface area contributed by atoms with Gasteiger partial charge in [0.15, 0.2) is 0 Å². The minimum Gasteiger partial charge on any atom is -0.507 e. The number of Topliss-reactive ketones (excluding diaryl/α,β-unsaturated/α-hetero) is 1. The number of carbonyl (C=O) groups excluding carboxylic acids is 2. The molecule has 1 aliphatic heterocycles. The third-order valence-electron chi connectivity index (χ3n) is 6.69. The average Bonchev–Trinajstić information content (AvgIpc) is 3.14. The first-order valence-electron chi connectivity index (χ1n) is 12.6. The lowest BCUT2D eigenvalue weighted by Gasteiger charge is -2.27. The Balaban J connectivity index is 1.92. The normalized spacial score (nSPS) is 17.1. The van der Waals surface area contributed by atoms with Gasteiger partial charge in [-0.2, -0.15) is 0 Å². The SMILES string of the molecule is CCOc1ccc(Cl)c(/C(O)=C2\C(=O)C(=O)N(c3ccc(C(C)(C)C)cc3)C2c2ccc(N(C)C)cc2)c1. The summed E-state index contributed by atoms with van der Waals surface area (Å²) >= 11 is 6.45. The lowest BCUT2D eigenvalue weighted by Crippen LogP contribution is -2.29. The summed E-state index contributed by atoms with van der Waals surface area (Å²) in [7, 11) is 3.87. The van der Waals surface area contributed by atoms with Crippen molar-refractivity contribution in [2.24, 2.45) is 0 Å². The van der Waals surface area contributed by atoms with Crippen molar-refractivity contribution in [3.63, 3.8) is 0 Å². The van der Waals surface area contributed by atoms with Gasteiger partial charge in [0.25, 0.3) is 11.7 Å². The third-order valence-corrected chi connectivity index (χ3v) is 7.01. The van der Waals surface area contributed by atoms with E-state index in [0.717, 1.165) is 11.3 Å². The summed E-state index contributed by atoms with van der Waals surface area (Å²) in [6.45, 7) is 8.61. The number of rotatable bonds is 6. The Hall–Kier alpha value is -3.77.